The van der Waals surface area contributed by atoms with Gasteiger partial charge < -0.3 is 4.90 Å². The lowest BCUT2D eigenvalue weighted by molar-refractivity contribution is -0.0142. The highest BCUT2D eigenvalue weighted by Gasteiger charge is 2.36. The van der Waals surface area contributed by atoms with Crippen molar-refractivity contribution in [2.24, 2.45) is 0 Å². The van der Waals surface area contributed by atoms with Crippen LogP contribution in [0.1, 0.15) is 50.5 Å². The van der Waals surface area contributed by atoms with Crippen molar-refractivity contribution in [3.8, 4) is 0 Å². The number of hydrogen-bond donors (Lipinski definition) is 0. The van der Waals surface area contributed by atoms with Crippen molar-refractivity contribution >= 4 is 0 Å². The van der Waals surface area contributed by atoms with Gasteiger partial charge in [-0.15, -0.1) is 0 Å². The van der Waals surface area contributed by atoms with E-state index < -0.39 is 0 Å². The Morgan fingerprint density at radius 3 is 2.20 bits per heavy atom. The normalized spacial score (nSPS) is 29.0. The summed E-state index contributed by atoms with van der Waals surface area (Å²) in [5, 5.41) is 0. The van der Waals surface area contributed by atoms with Gasteiger partial charge >= 0.3 is 0 Å². The van der Waals surface area contributed by atoms with Gasteiger partial charge in [0.25, 0.3) is 0 Å². The van der Waals surface area contributed by atoms with Crippen molar-refractivity contribution in [2.75, 3.05) is 39.3 Å². The number of piperazine rings is 1. The number of hydrogen-bond acceptors (Lipinski definition) is 3. The van der Waals surface area contributed by atoms with Gasteiger partial charge in [-0.3, -0.25) is 9.80 Å². The highest BCUT2D eigenvalue weighted by molar-refractivity contribution is 5.14. The molecule has 0 amide bonds. The van der Waals surface area contributed by atoms with Crippen molar-refractivity contribution in [1.29, 1.82) is 0 Å². The maximum Gasteiger partial charge on any atom is 0.0235 e. The van der Waals surface area contributed by atoms with E-state index in [0.717, 1.165) is 18.6 Å². The quantitative estimate of drug-likeness (QED) is 0.783. The molecule has 1 aromatic carbocycles. The summed E-state index contributed by atoms with van der Waals surface area (Å²) in [6, 6.07) is 12.6. The fourth-order valence-electron chi connectivity index (χ4n) is 5.28. The SMILES string of the molecule is c1ccc(CN2CC3CCCC(C2)N3CCCN2CCCCC2)cc1. The van der Waals surface area contributed by atoms with Crippen LogP contribution >= 0.6 is 0 Å². The molecule has 3 nitrogen and oxygen atoms in total. The standard InChI is InChI=1S/C22H35N3/c1-3-9-20(10-4-1)17-24-18-21-11-7-12-22(19-24)25(21)16-8-15-23-13-5-2-6-14-23/h1,3-4,9-10,21-22H,2,5-8,11-19H2. The molecule has 0 aliphatic carbocycles. The van der Waals surface area contributed by atoms with E-state index in [4.69, 9.17) is 0 Å². The molecular weight excluding hydrogens is 306 g/mol. The summed E-state index contributed by atoms with van der Waals surface area (Å²) in [5.74, 6) is 0. The van der Waals surface area contributed by atoms with E-state index in [9.17, 15) is 0 Å². The largest absolute Gasteiger partial charge is 0.303 e. The van der Waals surface area contributed by atoms with E-state index in [1.54, 1.807) is 0 Å². The number of benzene rings is 1. The molecule has 3 saturated heterocycles. The Morgan fingerprint density at radius 2 is 1.48 bits per heavy atom. The summed E-state index contributed by atoms with van der Waals surface area (Å²) in [4.78, 5) is 8.30. The minimum Gasteiger partial charge on any atom is -0.303 e. The molecule has 1 aromatic rings. The zero-order chi connectivity index (χ0) is 16.9. The van der Waals surface area contributed by atoms with Crippen LogP contribution in [0.5, 0.6) is 0 Å². The van der Waals surface area contributed by atoms with Gasteiger partial charge in [0.1, 0.15) is 0 Å². The van der Waals surface area contributed by atoms with Crippen molar-refractivity contribution in [3.05, 3.63) is 35.9 Å². The third-order valence-electron chi connectivity index (χ3n) is 6.54. The van der Waals surface area contributed by atoms with E-state index in [1.165, 1.54) is 89.8 Å². The number of fused-ring (bicyclic) bond motifs is 2. The molecular formula is C22H35N3. The Balaban J connectivity index is 1.27. The first-order valence-corrected chi connectivity index (χ1v) is 10.6. The topological polar surface area (TPSA) is 9.72 Å². The average Bonchev–Trinajstić information content (AvgIpc) is 2.64. The van der Waals surface area contributed by atoms with E-state index >= 15 is 0 Å². The highest BCUT2D eigenvalue weighted by Crippen LogP contribution is 2.29. The molecule has 2 unspecified atom stereocenters. The van der Waals surface area contributed by atoms with Gasteiger partial charge in [-0.2, -0.15) is 0 Å². The monoisotopic (exact) mass is 341 g/mol. The summed E-state index contributed by atoms with van der Waals surface area (Å²) in [6.07, 6.45) is 9.91. The molecule has 4 rings (SSSR count). The summed E-state index contributed by atoms with van der Waals surface area (Å²) in [5.41, 5.74) is 1.47. The Labute approximate surface area is 154 Å². The van der Waals surface area contributed by atoms with Crippen LogP contribution in [-0.2, 0) is 6.54 Å². The molecule has 25 heavy (non-hydrogen) atoms. The smallest absolute Gasteiger partial charge is 0.0235 e. The molecule has 138 valence electrons. The fraction of sp³-hybridized carbons (Fsp3) is 0.727. The van der Waals surface area contributed by atoms with Crippen LogP contribution in [0.4, 0.5) is 0 Å². The van der Waals surface area contributed by atoms with Crippen LogP contribution in [0.3, 0.4) is 0 Å². The van der Waals surface area contributed by atoms with Crippen molar-refractivity contribution in [3.63, 3.8) is 0 Å². The molecule has 2 bridgehead atoms. The van der Waals surface area contributed by atoms with Gasteiger partial charge in [-0.25, -0.2) is 0 Å². The molecule has 3 heteroatoms. The lowest BCUT2D eigenvalue weighted by atomic mass is 9.90. The minimum atomic E-state index is 0.803. The van der Waals surface area contributed by atoms with E-state index in [-0.39, 0.29) is 0 Å². The first-order valence-electron chi connectivity index (χ1n) is 10.6. The second-order valence-corrected chi connectivity index (χ2v) is 8.41. The van der Waals surface area contributed by atoms with Crippen molar-refractivity contribution in [1.82, 2.24) is 14.7 Å². The van der Waals surface area contributed by atoms with Crippen LogP contribution in [0.25, 0.3) is 0 Å². The molecule has 0 spiro atoms. The van der Waals surface area contributed by atoms with Crippen LogP contribution < -0.4 is 0 Å². The third-order valence-corrected chi connectivity index (χ3v) is 6.54. The second-order valence-electron chi connectivity index (χ2n) is 8.41. The predicted molar refractivity (Wildman–Crippen MR) is 105 cm³/mol. The molecule has 3 heterocycles. The number of rotatable bonds is 6. The first kappa shape index (κ1) is 17.5. The Hall–Kier alpha value is -0.900. The summed E-state index contributed by atoms with van der Waals surface area (Å²) < 4.78 is 0. The summed E-state index contributed by atoms with van der Waals surface area (Å²) >= 11 is 0. The molecule has 0 radical (unpaired) electrons. The minimum absolute atomic E-state index is 0.803. The van der Waals surface area contributed by atoms with E-state index in [2.05, 4.69) is 45.0 Å². The number of nitrogens with zero attached hydrogens (tertiary/aromatic N) is 3. The van der Waals surface area contributed by atoms with Crippen molar-refractivity contribution in [2.45, 2.75) is 63.6 Å². The third kappa shape index (κ3) is 4.64. The Kier molecular flexibility index (Phi) is 6.06. The lowest BCUT2D eigenvalue weighted by Crippen LogP contribution is -2.60. The van der Waals surface area contributed by atoms with E-state index in [1.807, 2.05) is 0 Å². The maximum atomic E-state index is 2.88. The molecule has 0 saturated carbocycles. The predicted octanol–water partition coefficient (Wildman–Crippen LogP) is 3.60. The van der Waals surface area contributed by atoms with Gasteiger partial charge in [-0.05, 0) is 57.3 Å². The van der Waals surface area contributed by atoms with Gasteiger partial charge in [-0.1, -0.05) is 43.2 Å². The maximum absolute atomic E-state index is 2.88. The Bertz CT molecular complexity index is 497. The number of piperidine rings is 2. The van der Waals surface area contributed by atoms with Gasteiger partial charge in [0.2, 0.25) is 0 Å². The van der Waals surface area contributed by atoms with Gasteiger partial charge in [0.05, 0.1) is 0 Å². The summed E-state index contributed by atoms with van der Waals surface area (Å²) in [6.45, 7) is 9.02. The zero-order valence-electron chi connectivity index (χ0n) is 15.8. The van der Waals surface area contributed by atoms with E-state index in [0.29, 0.717) is 0 Å². The highest BCUT2D eigenvalue weighted by atomic mass is 15.3. The Morgan fingerprint density at radius 1 is 0.760 bits per heavy atom. The average molecular weight is 342 g/mol. The zero-order valence-corrected chi connectivity index (χ0v) is 15.8. The lowest BCUT2D eigenvalue weighted by Gasteiger charge is -2.50. The van der Waals surface area contributed by atoms with Crippen LogP contribution in [0.15, 0.2) is 30.3 Å². The summed E-state index contributed by atoms with van der Waals surface area (Å²) in [7, 11) is 0. The molecule has 3 fully saturated rings. The molecule has 3 aliphatic heterocycles. The molecule has 0 aromatic heterocycles. The van der Waals surface area contributed by atoms with Gasteiger partial charge in [0, 0.05) is 38.3 Å². The first-order chi connectivity index (χ1) is 12.4. The number of likely N-dealkylation sites (tertiary alicyclic amines) is 2. The second kappa shape index (κ2) is 8.66. The molecule has 2 atom stereocenters. The van der Waals surface area contributed by atoms with Crippen molar-refractivity contribution < 1.29 is 0 Å². The molecule has 0 N–H and O–H groups in total. The molecule has 3 aliphatic rings. The van der Waals surface area contributed by atoms with Crippen LogP contribution in [0, 0.1) is 0 Å². The van der Waals surface area contributed by atoms with Crippen LogP contribution in [-0.4, -0.2) is 66.1 Å². The van der Waals surface area contributed by atoms with Crippen LogP contribution in [0.2, 0.25) is 0 Å². The fourth-order valence-corrected chi connectivity index (χ4v) is 5.28. The van der Waals surface area contributed by atoms with Gasteiger partial charge in [0.15, 0.2) is 0 Å².